The zero-order chi connectivity index (χ0) is 24.8. The minimum Gasteiger partial charge on any atom is -0.470 e. The number of aldehydes is 1. The number of likely N-dealkylation sites (N-methyl/N-ethyl adjacent to an activating group) is 1. The highest BCUT2D eigenvalue weighted by Crippen LogP contribution is 2.08. The monoisotopic (exact) mass is 477 g/mol. The van der Waals surface area contributed by atoms with Gasteiger partial charge in [-0.2, -0.15) is 0 Å². The Labute approximate surface area is 211 Å². The Morgan fingerprint density at radius 1 is 0.914 bits per heavy atom. The van der Waals surface area contributed by atoms with Crippen molar-refractivity contribution in [3.8, 4) is 0 Å². The Kier molecular flexibility index (Phi) is 17.0. The molecule has 2 aromatic carbocycles. The summed E-state index contributed by atoms with van der Waals surface area (Å²) in [6.45, 7) is 11.0. The lowest BCUT2D eigenvalue weighted by molar-refractivity contribution is -0.122. The van der Waals surface area contributed by atoms with Crippen LogP contribution in [0.1, 0.15) is 42.1 Å². The van der Waals surface area contributed by atoms with Crippen LogP contribution in [0.15, 0.2) is 95.8 Å². The van der Waals surface area contributed by atoms with Gasteiger partial charge in [0.05, 0.1) is 6.26 Å². The average Bonchev–Trinajstić information content (AvgIpc) is 3.40. The first kappa shape index (κ1) is 33.5. The second-order valence-corrected chi connectivity index (χ2v) is 7.56. The molecule has 2 heterocycles. The number of amides is 1. The summed E-state index contributed by atoms with van der Waals surface area (Å²) in [5.41, 5.74) is 4.88. The Morgan fingerprint density at radius 2 is 1.43 bits per heavy atom. The molecule has 4 rings (SSSR count). The smallest absolute Gasteiger partial charge is 0.320 e. The number of aryl methyl sites for hydroxylation is 3. The number of hydrogen-bond acceptors (Lipinski definition) is 4. The van der Waals surface area contributed by atoms with Crippen LogP contribution in [0.2, 0.25) is 6.82 Å². The molecule has 6 heteroatoms. The van der Waals surface area contributed by atoms with Crippen LogP contribution in [0.3, 0.4) is 0 Å². The van der Waals surface area contributed by atoms with Crippen LogP contribution in [0.25, 0.3) is 0 Å². The predicted octanol–water partition coefficient (Wildman–Crippen LogP) is 6.01. The summed E-state index contributed by atoms with van der Waals surface area (Å²) < 4.78 is 4.83. The summed E-state index contributed by atoms with van der Waals surface area (Å²) in [5, 5.41) is 9.11. The number of benzene rings is 2. The zero-order valence-corrected chi connectivity index (χ0v) is 20.0. The third-order valence-corrected chi connectivity index (χ3v) is 4.62. The van der Waals surface area contributed by atoms with E-state index in [1.165, 1.54) is 22.1 Å². The van der Waals surface area contributed by atoms with E-state index in [9.17, 15) is 9.59 Å². The third-order valence-electron chi connectivity index (χ3n) is 4.62. The van der Waals surface area contributed by atoms with E-state index in [2.05, 4.69) is 6.58 Å². The molecular weight excluding hydrogens is 437 g/mol. The standard InChI is InChI=1S/C8H11BO.C8H8O.C6H7NO.C5H6O.2CH4/c1-7-3-5-8(6-4-7)9(2)10;1-7-2-4-8(6-9)5-3-7;1-5-3-4-6(8)7(5)2;1-5-3-2-4-6-5;;/h3-6,10H,1-2H3;2-6H,1H3;3-4H,1H2,2H3;2-4H,1H3;2*1H4. The molecule has 0 saturated carbocycles. The third kappa shape index (κ3) is 13.6. The van der Waals surface area contributed by atoms with Crippen LogP contribution in [0.4, 0.5) is 0 Å². The van der Waals surface area contributed by atoms with E-state index in [-0.39, 0.29) is 27.7 Å². The van der Waals surface area contributed by atoms with Crippen molar-refractivity contribution in [1.82, 2.24) is 4.90 Å². The van der Waals surface area contributed by atoms with Crippen LogP contribution in [0, 0.1) is 20.8 Å². The maximum Gasteiger partial charge on any atom is 0.320 e. The fraction of sp³-hybridized carbons (Fsp3) is 0.241. The first-order valence-corrected chi connectivity index (χ1v) is 10.5. The molecule has 188 valence electrons. The van der Waals surface area contributed by atoms with Gasteiger partial charge in [0.1, 0.15) is 12.0 Å². The number of carbonyl (C=O) groups excluding carboxylic acids is 2. The number of carbonyl (C=O) groups is 2. The number of rotatable bonds is 2. The number of furan rings is 1. The quantitative estimate of drug-likeness (QED) is 0.362. The van der Waals surface area contributed by atoms with Gasteiger partial charge in [0.15, 0.2) is 0 Å². The molecule has 5 nitrogen and oxygen atoms in total. The van der Waals surface area contributed by atoms with Gasteiger partial charge < -0.3 is 14.3 Å². The first-order valence-electron chi connectivity index (χ1n) is 10.5. The molecule has 1 amide bonds. The summed E-state index contributed by atoms with van der Waals surface area (Å²) in [7, 11) is 1.70. The van der Waals surface area contributed by atoms with Crippen LogP contribution >= 0.6 is 0 Å². The molecule has 0 radical (unpaired) electrons. The molecule has 0 aliphatic carbocycles. The van der Waals surface area contributed by atoms with Crippen LogP contribution in [-0.4, -0.2) is 36.1 Å². The van der Waals surface area contributed by atoms with Crippen molar-refractivity contribution in [1.29, 1.82) is 0 Å². The van der Waals surface area contributed by atoms with Gasteiger partial charge in [-0.15, -0.1) is 0 Å². The van der Waals surface area contributed by atoms with Crippen molar-refractivity contribution in [2.75, 3.05) is 7.05 Å². The Morgan fingerprint density at radius 3 is 1.69 bits per heavy atom. The lowest BCUT2D eigenvalue weighted by Crippen LogP contribution is -2.25. The molecule has 1 aromatic heterocycles. The topological polar surface area (TPSA) is 70.8 Å². The van der Waals surface area contributed by atoms with Gasteiger partial charge in [0, 0.05) is 24.4 Å². The average molecular weight is 477 g/mol. The predicted molar refractivity (Wildman–Crippen MR) is 149 cm³/mol. The summed E-state index contributed by atoms with van der Waals surface area (Å²) in [6, 6.07) is 19.1. The van der Waals surface area contributed by atoms with Crippen molar-refractivity contribution >= 4 is 24.6 Å². The molecule has 1 N–H and O–H groups in total. The SMILES string of the molecule is C.C.C=C1C=CC(=O)N1C.CB(O)c1ccc(C)cc1.Cc1ccc(C=O)cc1.Cc1ccco1. The highest BCUT2D eigenvalue weighted by Gasteiger charge is 2.11. The van der Waals surface area contributed by atoms with Crippen LogP contribution < -0.4 is 5.46 Å². The van der Waals surface area contributed by atoms with E-state index < -0.39 is 0 Å². The van der Waals surface area contributed by atoms with Gasteiger partial charge in [-0.1, -0.05) is 87.9 Å². The molecule has 3 aromatic rings. The summed E-state index contributed by atoms with van der Waals surface area (Å²) >= 11 is 0. The van der Waals surface area contributed by atoms with Gasteiger partial charge in [-0.05, 0) is 44.4 Å². The number of nitrogens with zero attached hydrogens (tertiary/aromatic N) is 1. The highest BCUT2D eigenvalue weighted by atomic mass is 16.3. The summed E-state index contributed by atoms with van der Waals surface area (Å²) in [5.74, 6) is 0.977. The molecule has 0 saturated heterocycles. The number of hydrogen-bond donors (Lipinski definition) is 1. The molecule has 0 bridgehead atoms. The molecule has 1 aliphatic rings. The molecule has 35 heavy (non-hydrogen) atoms. The van der Waals surface area contributed by atoms with E-state index in [1.807, 2.05) is 81.4 Å². The fourth-order valence-electron chi connectivity index (χ4n) is 2.38. The van der Waals surface area contributed by atoms with Crippen molar-refractivity contribution in [2.45, 2.75) is 42.4 Å². The highest BCUT2D eigenvalue weighted by molar-refractivity contribution is 6.64. The minimum absolute atomic E-state index is 0. The van der Waals surface area contributed by atoms with Gasteiger partial charge in [-0.3, -0.25) is 9.59 Å². The van der Waals surface area contributed by atoms with Gasteiger partial charge >= 0.3 is 6.92 Å². The maximum atomic E-state index is 10.6. The van der Waals surface area contributed by atoms with E-state index >= 15 is 0 Å². The van der Waals surface area contributed by atoms with E-state index in [0.717, 1.165) is 28.8 Å². The van der Waals surface area contributed by atoms with Crippen LogP contribution in [-0.2, 0) is 4.79 Å². The lowest BCUT2D eigenvalue weighted by atomic mass is 9.64. The molecule has 0 atom stereocenters. The van der Waals surface area contributed by atoms with Crippen molar-refractivity contribution in [2.24, 2.45) is 0 Å². The van der Waals surface area contributed by atoms with E-state index in [0.29, 0.717) is 0 Å². The first-order chi connectivity index (χ1) is 15.6. The Hall–Kier alpha value is -3.64. The largest absolute Gasteiger partial charge is 0.470 e. The second-order valence-electron chi connectivity index (χ2n) is 7.56. The van der Waals surface area contributed by atoms with Crippen molar-refractivity contribution in [3.63, 3.8) is 0 Å². The maximum absolute atomic E-state index is 10.6. The van der Waals surface area contributed by atoms with Gasteiger partial charge in [0.2, 0.25) is 0 Å². The van der Waals surface area contributed by atoms with Crippen molar-refractivity contribution < 1.29 is 19.0 Å². The Bertz CT molecular complexity index is 1000. The van der Waals surface area contributed by atoms with Crippen molar-refractivity contribution in [3.05, 3.63) is 114 Å². The molecular formula is C29H40BNO4. The molecule has 0 unspecified atom stereocenters. The molecule has 1 aliphatic heterocycles. The molecule has 0 fully saturated rings. The lowest BCUT2D eigenvalue weighted by Gasteiger charge is -2.06. The minimum atomic E-state index is -0.347. The summed E-state index contributed by atoms with van der Waals surface area (Å²) in [4.78, 5) is 22.2. The summed E-state index contributed by atoms with van der Waals surface area (Å²) in [6.07, 6.45) is 5.71. The molecule has 0 spiro atoms. The fourth-order valence-corrected chi connectivity index (χ4v) is 2.38. The number of allylic oxidation sites excluding steroid dienone is 1. The normalized spacial score (nSPS) is 10.7. The van der Waals surface area contributed by atoms with Gasteiger partial charge in [0.25, 0.3) is 5.91 Å². The second kappa shape index (κ2) is 17.8. The van der Waals surface area contributed by atoms with E-state index in [1.54, 1.807) is 26.2 Å². The van der Waals surface area contributed by atoms with E-state index in [4.69, 9.17) is 9.44 Å². The zero-order valence-electron chi connectivity index (χ0n) is 20.0. The van der Waals surface area contributed by atoms with Gasteiger partial charge in [-0.25, -0.2) is 0 Å². The van der Waals surface area contributed by atoms with Crippen LogP contribution in [0.5, 0.6) is 0 Å². The Balaban J connectivity index is 0.